The van der Waals surface area contributed by atoms with Gasteiger partial charge in [-0.15, -0.1) is 0 Å². The number of methoxy groups -OCH3 is 1. The molecule has 0 unspecified atom stereocenters. The van der Waals surface area contributed by atoms with Crippen molar-refractivity contribution in [3.8, 4) is 5.75 Å². The van der Waals surface area contributed by atoms with Crippen molar-refractivity contribution in [2.24, 2.45) is 0 Å². The Kier molecular flexibility index (Phi) is 4.68. The lowest BCUT2D eigenvalue weighted by molar-refractivity contribution is -0.305. The first-order chi connectivity index (χ1) is 10.9. The van der Waals surface area contributed by atoms with E-state index in [0.29, 0.717) is 11.3 Å². The molecule has 0 saturated carbocycles. The topological polar surface area (TPSA) is 107 Å². The van der Waals surface area contributed by atoms with E-state index in [2.05, 4.69) is 0 Å². The molecule has 0 bridgehead atoms. The van der Waals surface area contributed by atoms with Gasteiger partial charge < -0.3 is 24.6 Å². The summed E-state index contributed by atoms with van der Waals surface area (Å²) in [7, 11) is 1.51. The number of carboxylic acids is 1. The number of carbonyl (C=O) groups excluding carboxylic acids is 3. The molecule has 1 atom stereocenters. The largest absolute Gasteiger partial charge is 0.550 e. The van der Waals surface area contributed by atoms with Gasteiger partial charge in [-0.2, -0.15) is 0 Å². The maximum absolute atomic E-state index is 12.2. The Bertz CT molecular complexity index is 676. The molecule has 23 heavy (non-hydrogen) atoms. The molecule has 0 aliphatic carbocycles. The van der Waals surface area contributed by atoms with E-state index in [-0.39, 0.29) is 12.1 Å². The molecule has 0 radical (unpaired) electrons. The molecule has 2 rings (SSSR count). The predicted octanol–water partition coefficient (Wildman–Crippen LogP) is 0.120. The number of hydrogen-bond donors (Lipinski definition) is 1. The quantitative estimate of drug-likeness (QED) is 0.798. The number of carbonyl (C=O) groups is 3. The van der Waals surface area contributed by atoms with Crippen molar-refractivity contribution < 1.29 is 29.3 Å². The van der Waals surface area contributed by atoms with E-state index in [1.807, 2.05) is 0 Å². The first-order valence-electron chi connectivity index (χ1n) is 6.95. The van der Waals surface area contributed by atoms with Gasteiger partial charge in [-0.05, 0) is 24.6 Å². The molecule has 0 saturated heterocycles. The number of hydrogen-bond acceptors (Lipinski definition) is 6. The maximum Gasteiger partial charge on any atom is 0.290 e. The van der Waals surface area contributed by atoms with Gasteiger partial charge in [0.1, 0.15) is 5.75 Å². The van der Waals surface area contributed by atoms with Crippen LogP contribution in [0.1, 0.15) is 24.9 Å². The minimum atomic E-state index is -1.32. The zero-order chi connectivity index (χ0) is 17.1. The third-order valence-electron chi connectivity index (χ3n) is 3.67. The van der Waals surface area contributed by atoms with Crippen LogP contribution >= 0.6 is 0 Å². The summed E-state index contributed by atoms with van der Waals surface area (Å²) in [5.74, 6) is -2.58. The first kappa shape index (κ1) is 16.5. The van der Waals surface area contributed by atoms with Gasteiger partial charge in [0.15, 0.2) is 11.5 Å². The summed E-state index contributed by atoms with van der Waals surface area (Å²) >= 11 is 0. The molecule has 1 heterocycles. The zero-order valence-corrected chi connectivity index (χ0v) is 12.7. The van der Waals surface area contributed by atoms with Crippen molar-refractivity contribution in [1.82, 2.24) is 4.90 Å². The Balaban J connectivity index is 2.43. The van der Waals surface area contributed by atoms with E-state index in [9.17, 15) is 24.6 Å². The van der Waals surface area contributed by atoms with Gasteiger partial charge in [-0.1, -0.05) is 12.1 Å². The molecule has 1 amide bonds. The van der Waals surface area contributed by atoms with Crippen LogP contribution in [0.25, 0.3) is 0 Å². The Labute approximate surface area is 132 Å². The summed E-state index contributed by atoms with van der Waals surface area (Å²) in [5.41, 5.74) is 0.533. The summed E-state index contributed by atoms with van der Waals surface area (Å²) in [6.07, 6.45) is -0.392. The summed E-state index contributed by atoms with van der Waals surface area (Å²) < 4.78 is 5.06. The molecular formula is C16H16NO6-. The first-order valence-corrected chi connectivity index (χ1v) is 6.95. The molecule has 7 nitrogen and oxygen atoms in total. The van der Waals surface area contributed by atoms with Crippen LogP contribution in [-0.4, -0.2) is 41.3 Å². The number of carboxylic acid groups (broad SMARTS) is 1. The van der Waals surface area contributed by atoms with Crippen molar-refractivity contribution in [3.63, 3.8) is 0 Å². The Hall–Kier alpha value is -2.83. The second-order valence-corrected chi connectivity index (χ2v) is 5.11. The van der Waals surface area contributed by atoms with E-state index < -0.39 is 35.9 Å². The summed E-state index contributed by atoms with van der Waals surface area (Å²) in [6.45, 7) is 1.08. The molecule has 1 N–H and O–H groups in total. The van der Waals surface area contributed by atoms with E-state index in [1.165, 1.54) is 14.0 Å². The Morgan fingerprint density at radius 2 is 1.91 bits per heavy atom. The zero-order valence-electron chi connectivity index (χ0n) is 12.7. The molecule has 0 spiro atoms. The minimum absolute atomic E-state index is 0.0430. The summed E-state index contributed by atoms with van der Waals surface area (Å²) in [6, 6.07) is 5.80. The third kappa shape index (κ3) is 3.18. The fourth-order valence-corrected chi connectivity index (χ4v) is 2.59. The summed E-state index contributed by atoms with van der Waals surface area (Å²) in [4.78, 5) is 35.8. The molecular weight excluding hydrogens is 302 g/mol. The SMILES string of the molecule is COc1ccc([C@@H]2C(C(C)=O)=C(O)C(=O)N2CCC(=O)[O-])cc1. The van der Waals surface area contributed by atoms with Crippen molar-refractivity contribution >= 4 is 17.7 Å². The Morgan fingerprint density at radius 3 is 2.39 bits per heavy atom. The molecule has 1 aromatic carbocycles. The van der Waals surface area contributed by atoms with Crippen molar-refractivity contribution in [2.75, 3.05) is 13.7 Å². The lowest BCUT2D eigenvalue weighted by Crippen LogP contribution is -2.35. The van der Waals surface area contributed by atoms with Gasteiger partial charge in [-0.25, -0.2) is 0 Å². The van der Waals surface area contributed by atoms with Crippen LogP contribution in [-0.2, 0) is 14.4 Å². The highest BCUT2D eigenvalue weighted by Crippen LogP contribution is 2.38. The van der Waals surface area contributed by atoms with Gasteiger partial charge in [0.05, 0.1) is 18.7 Å². The van der Waals surface area contributed by atoms with Gasteiger partial charge in [0.2, 0.25) is 0 Å². The van der Waals surface area contributed by atoms with Gasteiger partial charge in [0, 0.05) is 18.9 Å². The minimum Gasteiger partial charge on any atom is -0.550 e. The van der Waals surface area contributed by atoms with E-state index in [1.54, 1.807) is 24.3 Å². The van der Waals surface area contributed by atoms with Crippen LogP contribution < -0.4 is 9.84 Å². The average Bonchev–Trinajstić information content (AvgIpc) is 2.77. The van der Waals surface area contributed by atoms with Crippen molar-refractivity contribution in [1.29, 1.82) is 0 Å². The monoisotopic (exact) mass is 318 g/mol. The second kappa shape index (κ2) is 6.51. The highest BCUT2D eigenvalue weighted by molar-refractivity contribution is 6.08. The number of aliphatic hydroxyl groups is 1. The maximum atomic E-state index is 12.2. The number of amides is 1. The van der Waals surface area contributed by atoms with Gasteiger partial charge in [-0.3, -0.25) is 9.59 Å². The van der Waals surface area contributed by atoms with Gasteiger partial charge in [0.25, 0.3) is 5.91 Å². The third-order valence-corrected chi connectivity index (χ3v) is 3.67. The number of ether oxygens (including phenoxy) is 1. The number of nitrogens with zero attached hydrogens (tertiary/aromatic N) is 1. The lowest BCUT2D eigenvalue weighted by Gasteiger charge is -2.26. The predicted molar refractivity (Wildman–Crippen MR) is 77.4 cm³/mol. The second-order valence-electron chi connectivity index (χ2n) is 5.11. The number of benzene rings is 1. The Morgan fingerprint density at radius 1 is 1.30 bits per heavy atom. The van der Waals surface area contributed by atoms with Gasteiger partial charge >= 0.3 is 0 Å². The number of ketones is 1. The van der Waals surface area contributed by atoms with Crippen LogP contribution in [0.2, 0.25) is 0 Å². The highest BCUT2D eigenvalue weighted by atomic mass is 16.5. The molecule has 1 aliphatic heterocycles. The van der Waals surface area contributed by atoms with Crippen LogP contribution in [0, 0.1) is 0 Å². The lowest BCUT2D eigenvalue weighted by atomic mass is 9.96. The molecule has 0 fully saturated rings. The van der Waals surface area contributed by atoms with Crippen molar-refractivity contribution in [3.05, 3.63) is 41.2 Å². The average molecular weight is 318 g/mol. The number of rotatable bonds is 6. The smallest absolute Gasteiger partial charge is 0.290 e. The standard InChI is InChI=1S/C16H17NO6/c1-9(18)13-14(10-3-5-11(23-2)6-4-10)17(8-7-12(19)20)16(22)15(13)21/h3-6,14,21H,7-8H2,1-2H3,(H,19,20)/p-1/t14-/m1/s1. The number of aliphatic hydroxyl groups excluding tert-OH is 1. The fraction of sp³-hybridized carbons (Fsp3) is 0.312. The highest BCUT2D eigenvalue weighted by Gasteiger charge is 2.41. The normalized spacial score (nSPS) is 17.6. The van der Waals surface area contributed by atoms with Crippen molar-refractivity contribution in [2.45, 2.75) is 19.4 Å². The molecule has 122 valence electrons. The fourth-order valence-electron chi connectivity index (χ4n) is 2.59. The number of aliphatic carboxylic acids is 1. The van der Waals surface area contributed by atoms with Crippen LogP contribution in [0.15, 0.2) is 35.6 Å². The molecule has 0 aromatic heterocycles. The van der Waals surface area contributed by atoms with E-state index >= 15 is 0 Å². The van der Waals surface area contributed by atoms with Crippen LogP contribution in [0.4, 0.5) is 0 Å². The molecule has 1 aromatic rings. The van der Waals surface area contributed by atoms with E-state index in [0.717, 1.165) is 4.90 Å². The molecule has 1 aliphatic rings. The summed E-state index contributed by atoms with van der Waals surface area (Å²) in [5, 5.41) is 20.7. The number of Topliss-reactive ketones (excluding diaryl/α,β-unsaturated/α-hetero) is 1. The van der Waals surface area contributed by atoms with Crippen LogP contribution in [0.5, 0.6) is 5.75 Å². The van der Waals surface area contributed by atoms with Crippen LogP contribution in [0.3, 0.4) is 0 Å². The van der Waals surface area contributed by atoms with E-state index in [4.69, 9.17) is 4.74 Å². The molecule has 7 heteroatoms.